The summed E-state index contributed by atoms with van der Waals surface area (Å²) in [5, 5.41) is 0. The molecule has 0 unspecified atom stereocenters. The highest BCUT2D eigenvalue weighted by Crippen LogP contribution is 2.17. The summed E-state index contributed by atoms with van der Waals surface area (Å²) in [6.07, 6.45) is 14.1. The molecule has 0 saturated carbocycles. The predicted octanol–water partition coefficient (Wildman–Crippen LogP) is 5.87. The number of rotatable bonds is 10. The lowest BCUT2D eigenvalue weighted by molar-refractivity contribution is 0.472. The van der Waals surface area contributed by atoms with Crippen molar-refractivity contribution >= 4 is 0 Å². The van der Waals surface area contributed by atoms with Gasteiger partial charge in [-0.05, 0) is 24.0 Å². The van der Waals surface area contributed by atoms with E-state index < -0.39 is 0 Å². The van der Waals surface area contributed by atoms with Crippen molar-refractivity contribution < 1.29 is 0 Å². The molecule has 0 saturated heterocycles. The van der Waals surface area contributed by atoms with Crippen LogP contribution in [0.3, 0.4) is 0 Å². The topological polar surface area (TPSA) is 25.8 Å². The Hall–Kier alpha value is -1.70. The van der Waals surface area contributed by atoms with Gasteiger partial charge in [-0.2, -0.15) is 0 Å². The van der Waals surface area contributed by atoms with Crippen molar-refractivity contribution in [3.05, 3.63) is 48.5 Å². The second-order valence-corrected chi connectivity index (χ2v) is 6.50. The quantitative estimate of drug-likeness (QED) is 0.513. The van der Waals surface area contributed by atoms with Crippen LogP contribution in [0.1, 0.15) is 64.6 Å². The van der Waals surface area contributed by atoms with Gasteiger partial charge >= 0.3 is 0 Å². The molecule has 23 heavy (non-hydrogen) atoms. The lowest BCUT2D eigenvalue weighted by Crippen LogP contribution is -1.95. The van der Waals surface area contributed by atoms with Crippen molar-refractivity contribution in [2.24, 2.45) is 5.92 Å². The third-order valence-electron chi connectivity index (χ3n) is 4.55. The van der Waals surface area contributed by atoms with E-state index in [2.05, 4.69) is 29.9 Å². The van der Waals surface area contributed by atoms with E-state index in [4.69, 9.17) is 0 Å². The van der Waals surface area contributed by atoms with E-state index in [1.807, 2.05) is 36.7 Å². The molecule has 1 atom stereocenters. The summed E-state index contributed by atoms with van der Waals surface area (Å²) in [6.45, 7) is 4.64. The van der Waals surface area contributed by atoms with E-state index in [0.29, 0.717) is 0 Å². The minimum absolute atomic E-state index is 0.893. The van der Waals surface area contributed by atoms with Gasteiger partial charge in [0.15, 0.2) is 0 Å². The molecule has 123 valence electrons. The monoisotopic (exact) mass is 309 g/mol. The van der Waals surface area contributed by atoms with E-state index in [9.17, 15) is 0 Å². The normalized spacial score (nSPS) is 12.3. The standard InChI is InChI=1S/C21H29N2/c1-3-18(2)12-8-5-4-6-11-15-21-22-16-20(17-23-21)19-13-9-7-10-14-19/h9-10,13-14,16-18H,3-6,8,11-12,15H2,1-2H3/t18-/m0/s1. The molecule has 2 aromatic rings. The van der Waals surface area contributed by atoms with Crippen LogP contribution < -0.4 is 0 Å². The van der Waals surface area contributed by atoms with Gasteiger partial charge in [0, 0.05) is 24.4 Å². The van der Waals surface area contributed by atoms with Crippen LogP contribution in [0.5, 0.6) is 0 Å². The summed E-state index contributed by atoms with van der Waals surface area (Å²) in [6, 6.07) is 11.0. The number of aryl methyl sites for hydroxylation is 1. The lowest BCUT2D eigenvalue weighted by atomic mass is 10.00. The predicted molar refractivity (Wildman–Crippen MR) is 97.2 cm³/mol. The molecule has 0 aliphatic carbocycles. The van der Waals surface area contributed by atoms with Crippen LogP contribution in [-0.2, 0) is 6.42 Å². The number of hydrogen-bond acceptors (Lipinski definition) is 2. The maximum Gasteiger partial charge on any atom is 0.128 e. The third kappa shape index (κ3) is 6.52. The average Bonchev–Trinajstić information content (AvgIpc) is 2.62. The van der Waals surface area contributed by atoms with Gasteiger partial charge in [-0.15, -0.1) is 0 Å². The number of hydrogen-bond donors (Lipinski definition) is 0. The van der Waals surface area contributed by atoms with E-state index in [1.54, 1.807) is 0 Å². The molecule has 2 rings (SSSR count). The highest BCUT2D eigenvalue weighted by atomic mass is 14.9. The molecular formula is C21H29N2. The zero-order valence-corrected chi connectivity index (χ0v) is 14.6. The van der Waals surface area contributed by atoms with E-state index in [-0.39, 0.29) is 0 Å². The molecule has 2 heteroatoms. The molecule has 0 aliphatic heterocycles. The van der Waals surface area contributed by atoms with E-state index in [1.165, 1.54) is 44.9 Å². The van der Waals surface area contributed by atoms with Gasteiger partial charge in [-0.1, -0.05) is 76.6 Å². The molecule has 0 N–H and O–H groups in total. The van der Waals surface area contributed by atoms with Crippen LogP contribution in [0.25, 0.3) is 11.1 Å². The molecule has 0 amide bonds. The first kappa shape index (κ1) is 17.7. The first-order chi connectivity index (χ1) is 11.3. The largest absolute Gasteiger partial charge is 0.241 e. The van der Waals surface area contributed by atoms with Gasteiger partial charge in [-0.3, -0.25) is 0 Å². The van der Waals surface area contributed by atoms with Gasteiger partial charge in [0.2, 0.25) is 0 Å². The Bertz CT molecular complexity index is 534. The smallest absolute Gasteiger partial charge is 0.128 e. The maximum atomic E-state index is 4.50. The van der Waals surface area contributed by atoms with Crippen LogP contribution in [0.4, 0.5) is 0 Å². The van der Waals surface area contributed by atoms with Gasteiger partial charge in [-0.25, -0.2) is 9.97 Å². The fourth-order valence-corrected chi connectivity index (χ4v) is 2.72. The third-order valence-corrected chi connectivity index (χ3v) is 4.55. The summed E-state index contributed by atoms with van der Waals surface area (Å²) >= 11 is 0. The molecule has 0 bridgehead atoms. The van der Waals surface area contributed by atoms with Gasteiger partial charge in [0.1, 0.15) is 5.82 Å². The lowest BCUT2D eigenvalue weighted by Gasteiger charge is -2.07. The Kier molecular flexibility index (Phi) is 7.79. The minimum Gasteiger partial charge on any atom is -0.241 e. The Balaban J connectivity index is 1.63. The number of nitrogens with zero attached hydrogens (tertiary/aromatic N) is 2. The summed E-state index contributed by atoms with van der Waals surface area (Å²) in [7, 11) is 0. The van der Waals surface area contributed by atoms with Gasteiger partial charge in [0.25, 0.3) is 0 Å². The maximum absolute atomic E-state index is 4.50. The van der Waals surface area contributed by atoms with E-state index in [0.717, 1.165) is 29.3 Å². The van der Waals surface area contributed by atoms with Crippen molar-refractivity contribution in [1.29, 1.82) is 0 Å². The first-order valence-corrected chi connectivity index (χ1v) is 9.07. The second-order valence-electron chi connectivity index (χ2n) is 6.50. The molecule has 0 fully saturated rings. The molecule has 1 aromatic heterocycles. The van der Waals surface area contributed by atoms with E-state index >= 15 is 0 Å². The first-order valence-electron chi connectivity index (χ1n) is 9.07. The highest BCUT2D eigenvalue weighted by Gasteiger charge is 2.01. The number of unbranched alkanes of at least 4 members (excludes halogenated alkanes) is 4. The molecule has 1 heterocycles. The minimum atomic E-state index is 0.893. The zero-order valence-electron chi connectivity index (χ0n) is 14.6. The van der Waals surface area contributed by atoms with Gasteiger partial charge < -0.3 is 0 Å². The zero-order chi connectivity index (χ0) is 16.3. The summed E-state index contributed by atoms with van der Waals surface area (Å²) in [5.41, 5.74) is 2.23. The van der Waals surface area contributed by atoms with Crippen molar-refractivity contribution in [3.63, 3.8) is 0 Å². The van der Waals surface area contributed by atoms with Crippen molar-refractivity contribution in [2.75, 3.05) is 0 Å². The molecule has 0 aliphatic rings. The Morgan fingerprint density at radius 3 is 2.26 bits per heavy atom. The summed E-state index contributed by atoms with van der Waals surface area (Å²) in [5.74, 6) is 1.86. The fourth-order valence-electron chi connectivity index (χ4n) is 2.72. The molecule has 1 aromatic carbocycles. The van der Waals surface area contributed by atoms with Crippen LogP contribution in [0, 0.1) is 12.0 Å². The Morgan fingerprint density at radius 2 is 1.57 bits per heavy atom. The second kappa shape index (κ2) is 10.1. The summed E-state index contributed by atoms with van der Waals surface area (Å²) in [4.78, 5) is 9.00. The highest BCUT2D eigenvalue weighted by molar-refractivity contribution is 5.60. The van der Waals surface area contributed by atoms with Crippen molar-refractivity contribution in [2.45, 2.75) is 65.2 Å². The summed E-state index contributed by atoms with van der Waals surface area (Å²) < 4.78 is 0. The molecule has 1 radical (unpaired) electrons. The van der Waals surface area contributed by atoms with Crippen LogP contribution >= 0.6 is 0 Å². The molecule has 2 nitrogen and oxygen atoms in total. The van der Waals surface area contributed by atoms with Crippen LogP contribution in [0.2, 0.25) is 0 Å². The fraction of sp³-hybridized carbons (Fsp3) is 0.524. The van der Waals surface area contributed by atoms with Crippen LogP contribution in [0.15, 0.2) is 36.7 Å². The van der Waals surface area contributed by atoms with Crippen molar-refractivity contribution in [1.82, 2.24) is 9.97 Å². The van der Waals surface area contributed by atoms with Crippen LogP contribution in [-0.4, -0.2) is 9.97 Å². The average molecular weight is 309 g/mol. The Morgan fingerprint density at radius 1 is 0.913 bits per heavy atom. The number of benzene rings is 1. The van der Waals surface area contributed by atoms with Crippen molar-refractivity contribution in [3.8, 4) is 11.1 Å². The SMILES string of the molecule is CC[C@H](C)CCCCCCCc1ncc(-c2cc[c]cc2)cn1. The van der Waals surface area contributed by atoms with Gasteiger partial charge in [0.05, 0.1) is 0 Å². The molecule has 0 spiro atoms. The number of aromatic nitrogens is 2. The molecular weight excluding hydrogens is 280 g/mol. The Labute approximate surface area is 141 Å².